The largest absolute Gasteiger partial charge is 0.497 e. The molecule has 0 amide bonds. The molecule has 2 N–H and O–H groups in total. The molecule has 2 aromatic heterocycles. The zero-order valence-corrected chi connectivity index (χ0v) is 21.7. The number of methoxy groups -OCH3 is 1. The number of benzene rings is 3. The van der Waals surface area contributed by atoms with Crippen LogP contribution in [0, 0.1) is 0 Å². The molecule has 0 bridgehead atoms. The van der Waals surface area contributed by atoms with Gasteiger partial charge in [-0.15, -0.1) is 0 Å². The van der Waals surface area contributed by atoms with E-state index >= 15 is 0 Å². The molecule has 196 valence electrons. The van der Waals surface area contributed by atoms with Crippen LogP contribution in [0.15, 0.2) is 108 Å². The van der Waals surface area contributed by atoms with Gasteiger partial charge < -0.3 is 9.57 Å². The van der Waals surface area contributed by atoms with E-state index in [2.05, 4.69) is 14.8 Å². The maximum absolute atomic E-state index is 14.3. The van der Waals surface area contributed by atoms with E-state index in [9.17, 15) is 13.2 Å². The third-order valence-electron chi connectivity index (χ3n) is 6.23. The highest BCUT2D eigenvalue weighted by Crippen LogP contribution is 2.38. The fourth-order valence-corrected chi connectivity index (χ4v) is 5.85. The number of carbonyl (C=O) groups is 1. The monoisotopic (exact) mass is 540 g/mol. The molecule has 0 fully saturated rings. The Labute approximate surface area is 225 Å². The molecule has 2 heterocycles. The summed E-state index contributed by atoms with van der Waals surface area (Å²) >= 11 is 0. The molecular formula is C29H24N4O5S. The topological polar surface area (TPSA) is 125 Å². The number of anilines is 1. The number of pyridine rings is 2. The van der Waals surface area contributed by atoms with E-state index in [1.54, 1.807) is 48.8 Å². The quantitative estimate of drug-likeness (QED) is 0.280. The SMILES string of the molecule is COc1ccc(S(=O)(=O)N(Cc2cccnc2)c2c(C(=O)ON)cnc3c(-c4ccccc4)cccc23)cc1. The third-order valence-corrected chi connectivity index (χ3v) is 7.99. The Hall–Kier alpha value is -4.80. The molecule has 0 aliphatic rings. The van der Waals surface area contributed by atoms with Gasteiger partial charge >= 0.3 is 5.97 Å². The summed E-state index contributed by atoms with van der Waals surface area (Å²) in [7, 11) is -2.74. The lowest BCUT2D eigenvalue weighted by Gasteiger charge is -2.27. The van der Waals surface area contributed by atoms with Crippen LogP contribution >= 0.6 is 0 Å². The van der Waals surface area contributed by atoms with E-state index in [4.69, 9.17) is 10.6 Å². The molecule has 9 nitrogen and oxygen atoms in total. The van der Waals surface area contributed by atoms with Crippen molar-refractivity contribution in [3.05, 3.63) is 115 Å². The summed E-state index contributed by atoms with van der Waals surface area (Å²) in [6.45, 7) is -0.123. The van der Waals surface area contributed by atoms with E-state index in [-0.39, 0.29) is 22.7 Å². The minimum Gasteiger partial charge on any atom is -0.497 e. The number of para-hydroxylation sites is 1. The number of sulfonamides is 1. The molecule has 0 atom stereocenters. The predicted molar refractivity (Wildman–Crippen MR) is 147 cm³/mol. The van der Waals surface area contributed by atoms with Crippen LogP contribution in [-0.4, -0.2) is 31.5 Å². The second kappa shape index (κ2) is 10.9. The van der Waals surface area contributed by atoms with Crippen LogP contribution in [-0.2, 0) is 21.4 Å². The van der Waals surface area contributed by atoms with Gasteiger partial charge in [-0.3, -0.25) is 14.3 Å². The van der Waals surface area contributed by atoms with Crippen LogP contribution < -0.4 is 14.9 Å². The van der Waals surface area contributed by atoms with Crippen LogP contribution in [0.2, 0.25) is 0 Å². The average molecular weight is 541 g/mol. The van der Waals surface area contributed by atoms with Crippen molar-refractivity contribution in [1.29, 1.82) is 0 Å². The van der Waals surface area contributed by atoms with Gasteiger partial charge in [-0.05, 0) is 41.5 Å². The summed E-state index contributed by atoms with van der Waals surface area (Å²) in [5, 5.41) is 0.431. The summed E-state index contributed by atoms with van der Waals surface area (Å²) < 4.78 is 34.9. The van der Waals surface area contributed by atoms with Crippen molar-refractivity contribution in [3.8, 4) is 16.9 Å². The van der Waals surface area contributed by atoms with E-state index in [0.29, 0.717) is 22.2 Å². The highest BCUT2D eigenvalue weighted by atomic mass is 32.2. The lowest BCUT2D eigenvalue weighted by molar-refractivity contribution is 0.0504. The number of carbonyl (C=O) groups excluding carboxylic acids is 1. The number of nitrogens with zero attached hydrogens (tertiary/aromatic N) is 3. The molecule has 0 aliphatic carbocycles. The Morgan fingerprint density at radius 3 is 2.36 bits per heavy atom. The Balaban J connectivity index is 1.81. The van der Waals surface area contributed by atoms with Crippen molar-refractivity contribution in [1.82, 2.24) is 9.97 Å². The average Bonchev–Trinajstić information content (AvgIpc) is 2.99. The smallest absolute Gasteiger partial charge is 0.360 e. The first kappa shape index (κ1) is 25.8. The first-order chi connectivity index (χ1) is 18.9. The van der Waals surface area contributed by atoms with Crippen molar-refractivity contribution in [2.45, 2.75) is 11.4 Å². The van der Waals surface area contributed by atoms with Gasteiger partial charge in [0.05, 0.1) is 29.8 Å². The molecule has 5 aromatic rings. The molecule has 0 spiro atoms. The zero-order chi connectivity index (χ0) is 27.4. The predicted octanol–water partition coefficient (Wildman–Crippen LogP) is 4.73. The Morgan fingerprint density at radius 2 is 1.69 bits per heavy atom. The van der Waals surface area contributed by atoms with Crippen molar-refractivity contribution in [2.24, 2.45) is 5.90 Å². The van der Waals surface area contributed by atoms with Gasteiger partial charge in [-0.1, -0.05) is 54.6 Å². The van der Waals surface area contributed by atoms with E-state index < -0.39 is 16.0 Å². The number of hydrogen-bond acceptors (Lipinski definition) is 8. The zero-order valence-electron chi connectivity index (χ0n) is 20.9. The second-order valence-corrected chi connectivity index (χ2v) is 10.4. The second-order valence-electron chi connectivity index (χ2n) is 8.54. The lowest BCUT2D eigenvalue weighted by Crippen LogP contribution is -2.32. The highest BCUT2D eigenvalue weighted by Gasteiger charge is 2.32. The van der Waals surface area contributed by atoms with Gasteiger partial charge in [0.25, 0.3) is 10.0 Å². The molecule has 0 unspecified atom stereocenters. The van der Waals surface area contributed by atoms with Crippen LogP contribution in [0.1, 0.15) is 15.9 Å². The van der Waals surface area contributed by atoms with Crippen LogP contribution in [0.25, 0.3) is 22.0 Å². The minimum absolute atomic E-state index is 0.00318. The molecule has 39 heavy (non-hydrogen) atoms. The molecule has 5 rings (SSSR count). The Morgan fingerprint density at radius 1 is 0.923 bits per heavy atom. The van der Waals surface area contributed by atoms with Gasteiger partial charge in [0.15, 0.2) is 0 Å². The standard InChI is InChI=1S/C29H24N4O5S/c1-37-22-12-14-23(15-13-22)39(35,36)33(19-20-7-6-16-31-17-20)28-25-11-5-10-24(21-8-3-2-4-9-21)27(25)32-18-26(28)29(34)38-30/h2-18H,19,30H2,1H3. The molecule has 0 radical (unpaired) electrons. The number of nitrogens with two attached hydrogens (primary N) is 1. The summed E-state index contributed by atoms with van der Waals surface area (Å²) in [5.41, 5.74) is 2.75. The van der Waals surface area contributed by atoms with Crippen LogP contribution in [0.4, 0.5) is 5.69 Å². The molecule has 0 aliphatic heterocycles. The number of hydrogen-bond donors (Lipinski definition) is 1. The first-order valence-electron chi connectivity index (χ1n) is 11.9. The third kappa shape index (κ3) is 5.02. The summed E-state index contributed by atoms with van der Waals surface area (Å²) in [6, 6.07) is 24.4. The van der Waals surface area contributed by atoms with Crippen molar-refractivity contribution < 1.29 is 22.8 Å². The number of fused-ring (bicyclic) bond motifs is 1. The fourth-order valence-electron chi connectivity index (χ4n) is 4.36. The molecule has 10 heteroatoms. The fraction of sp³-hybridized carbons (Fsp3) is 0.0690. The van der Waals surface area contributed by atoms with Crippen molar-refractivity contribution >= 4 is 32.6 Å². The maximum Gasteiger partial charge on any atom is 0.360 e. The van der Waals surface area contributed by atoms with Crippen molar-refractivity contribution in [2.75, 3.05) is 11.4 Å². The Kier molecular flexibility index (Phi) is 7.22. The normalized spacial score (nSPS) is 11.2. The first-order valence-corrected chi connectivity index (χ1v) is 13.3. The van der Waals surface area contributed by atoms with Gasteiger partial charge in [-0.25, -0.2) is 13.2 Å². The molecule has 0 saturated heterocycles. The maximum atomic E-state index is 14.3. The van der Waals surface area contributed by atoms with E-state index in [1.807, 2.05) is 36.4 Å². The summed E-state index contributed by atoms with van der Waals surface area (Å²) in [5.74, 6) is 4.85. The lowest BCUT2D eigenvalue weighted by atomic mass is 10.00. The Bertz CT molecular complexity index is 1730. The van der Waals surface area contributed by atoms with Gasteiger partial charge in [-0.2, -0.15) is 5.90 Å². The summed E-state index contributed by atoms with van der Waals surface area (Å²) in [6.07, 6.45) is 4.45. The molecule has 3 aromatic carbocycles. The summed E-state index contributed by atoms with van der Waals surface area (Å²) in [4.78, 5) is 26.1. The van der Waals surface area contributed by atoms with E-state index in [1.165, 1.54) is 25.4 Å². The van der Waals surface area contributed by atoms with Gasteiger partial charge in [0.1, 0.15) is 11.3 Å². The highest BCUT2D eigenvalue weighted by molar-refractivity contribution is 7.92. The van der Waals surface area contributed by atoms with Crippen LogP contribution in [0.5, 0.6) is 5.75 Å². The molecular weight excluding hydrogens is 516 g/mol. The van der Waals surface area contributed by atoms with Gasteiger partial charge in [0, 0.05) is 29.5 Å². The van der Waals surface area contributed by atoms with Crippen LogP contribution in [0.3, 0.4) is 0 Å². The number of aromatic nitrogens is 2. The number of rotatable bonds is 8. The van der Waals surface area contributed by atoms with Gasteiger partial charge in [0.2, 0.25) is 0 Å². The number of ether oxygens (including phenoxy) is 1. The minimum atomic E-state index is -4.24. The van der Waals surface area contributed by atoms with Crippen molar-refractivity contribution in [3.63, 3.8) is 0 Å². The molecule has 0 saturated carbocycles. The van der Waals surface area contributed by atoms with E-state index in [0.717, 1.165) is 15.4 Å².